The van der Waals surface area contributed by atoms with E-state index in [2.05, 4.69) is 17.4 Å². The fourth-order valence-corrected chi connectivity index (χ4v) is 3.79. The van der Waals surface area contributed by atoms with Gasteiger partial charge in [0, 0.05) is 25.2 Å². The molecular weight excluding hydrogens is 326 g/mol. The lowest BCUT2D eigenvalue weighted by atomic mass is 9.74. The van der Waals surface area contributed by atoms with Crippen molar-refractivity contribution in [2.45, 2.75) is 18.3 Å². The van der Waals surface area contributed by atoms with Crippen LogP contribution in [0.1, 0.15) is 37.7 Å². The van der Waals surface area contributed by atoms with Gasteiger partial charge in [-0.25, -0.2) is 4.79 Å². The normalized spacial score (nSPS) is 16.5. The maximum atomic E-state index is 12.4. The molecule has 1 aliphatic rings. The van der Waals surface area contributed by atoms with E-state index in [9.17, 15) is 9.59 Å². The Morgan fingerprint density at radius 3 is 2.38 bits per heavy atom. The number of aromatic carboxylic acids is 1. The average molecular weight is 345 g/mol. The second-order valence-electron chi connectivity index (χ2n) is 5.91. The van der Waals surface area contributed by atoms with Crippen LogP contribution < -0.4 is 5.32 Å². The van der Waals surface area contributed by atoms with Crippen molar-refractivity contribution in [3.8, 4) is 0 Å². The van der Waals surface area contributed by atoms with Crippen molar-refractivity contribution in [1.82, 2.24) is 5.32 Å². The Morgan fingerprint density at radius 1 is 1.08 bits per heavy atom. The van der Waals surface area contributed by atoms with Crippen molar-refractivity contribution in [2.75, 3.05) is 19.8 Å². The van der Waals surface area contributed by atoms with Crippen LogP contribution in [0.4, 0.5) is 0 Å². The molecule has 2 heterocycles. The van der Waals surface area contributed by atoms with E-state index in [-0.39, 0.29) is 16.2 Å². The average Bonchev–Trinajstić information content (AvgIpc) is 3.12. The zero-order chi connectivity index (χ0) is 17.0. The van der Waals surface area contributed by atoms with Crippen LogP contribution in [0.15, 0.2) is 42.5 Å². The molecule has 24 heavy (non-hydrogen) atoms. The molecule has 0 saturated carbocycles. The molecule has 1 aromatic carbocycles. The Balaban J connectivity index is 1.73. The third-order valence-electron chi connectivity index (χ3n) is 4.46. The standard InChI is InChI=1S/C18H19NO4S/c20-16(14-6-7-15(24-14)17(21)22)19-12-18(8-10-23-11-9-18)13-4-2-1-3-5-13/h1-7H,8-12H2,(H,19,20)(H,21,22). The van der Waals surface area contributed by atoms with Gasteiger partial charge in [0.25, 0.3) is 5.91 Å². The lowest BCUT2D eigenvalue weighted by Gasteiger charge is -2.37. The Kier molecular flexibility index (Phi) is 4.97. The summed E-state index contributed by atoms with van der Waals surface area (Å²) in [7, 11) is 0. The zero-order valence-electron chi connectivity index (χ0n) is 13.2. The van der Waals surface area contributed by atoms with Crippen LogP contribution in [0.2, 0.25) is 0 Å². The molecule has 1 aromatic heterocycles. The Labute approximate surface area is 144 Å². The maximum absolute atomic E-state index is 12.4. The van der Waals surface area contributed by atoms with Crippen LogP contribution in [0.5, 0.6) is 0 Å². The lowest BCUT2D eigenvalue weighted by Crippen LogP contribution is -2.44. The first kappa shape index (κ1) is 16.7. The minimum Gasteiger partial charge on any atom is -0.477 e. The van der Waals surface area contributed by atoms with Crippen LogP contribution in [-0.4, -0.2) is 36.7 Å². The number of carbonyl (C=O) groups is 2. The van der Waals surface area contributed by atoms with E-state index in [1.807, 2.05) is 18.2 Å². The highest BCUT2D eigenvalue weighted by molar-refractivity contribution is 7.15. The minimum absolute atomic E-state index is 0.137. The molecular formula is C18H19NO4S. The van der Waals surface area contributed by atoms with E-state index in [1.165, 1.54) is 11.6 Å². The van der Waals surface area contributed by atoms with E-state index >= 15 is 0 Å². The molecule has 5 nitrogen and oxygen atoms in total. The van der Waals surface area contributed by atoms with Crippen LogP contribution >= 0.6 is 11.3 Å². The van der Waals surface area contributed by atoms with Gasteiger partial charge in [-0.1, -0.05) is 30.3 Å². The molecule has 2 N–H and O–H groups in total. The first-order valence-corrected chi connectivity index (χ1v) is 8.67. The topological polar surface area (TPSA) is 75.6 Å². The molecule has 1 amide bonds. The van der Waals surface area contributed by atoms with Crippen molar-refractivity contribution in [1.29, 1.82) is 0 Å². The summed E-state index contributed by atoms with van der Waals surface area (Å²) in [4.78, 5) is 23.9. The van der Waals surface area contributed by atoms with Gasteiger partial charge in [-0.05, 0) is 30.5 Å². The summed E-state index contributed by atoms with van der Waals surface area (Å²) in [6.45, 7) is 1.86. The maximum Gasteiger partial charge on any atom is 0.345 e. The number of ether oxygens (including phenoxy) is 1. The van der Waals surface area contributed by atoms with E-state index in [0.29, 0.717) is 24.6 Å². The van der Waals surface area contributed by atoms with Crippen LogP contribution in [0.25, 0.3) is 0 Å². The number of carboxylic acids is 1. The van der Waals surface area contributed by atoms with Crippen molar-refractivity contribution < 1.29 is 19.4 Å². The predicted octanol–water partition coefficient (Wildman–Crippen LogP) is 2.92. The highest BCUT2D eigenvalue weighted by Gasteiger charge is 2.34. The third-order valence-corrected chi connectivity index (χ3v) is 5.54. The van der Waals surface area contributed by atoms with Gasteiger partial charge in [0.15, 0.2) is 0 Å². The quantitative estimate of drug-likeness (QED) is 0.874. The Hall–Kier alpha value is -2.18. The first-order chi connectivity index (χ1) is 11.6. The van der Waals surface area contributed by atoms with E-state index in [0.717, 1.165) is 24.2 Å². The minimum atomic E-state index is -1.01. The van der Waals surface area contributed by atoms with Crippen molar-refractivity contribution in [3.05, 3.63) is 57.8 Å². The first-order valence-electron chi connectivity index (χ1n) is 7.85. The molecule has 3 rings (SSSR count). The molecule has 1 fully saturated rings. The number of carboxylic acid groups (broad SMARTS) is 1. The number of hydrogen-bond acceptors (Lipinski definition) is 4. The molecule has 0 aliphatic carbocycles. The largest absolute Gasteiger partial charge is 0.477 e. The smallest absolute Gasteiger partial charge is 0.345 e. The number of nitrogens with one attached hydrogen (secondary N) is 1. The van der Waals surface area contributed by atoms with Gasteiger partial charge < -0.3 is 15.2 Å². The van der Waals surface area contributed by atoms with Gasteiger partial charge in [0.05, 0.1) is 4.88 Å². The Bertz CT molecular complexity index is 720. The number of hydrogen-bond donors (Lipinski definition) is 2. The summed E-state index contributed by atoms with van der Waals surface area (Å²) in [6.07, 6.45) is 1.70. The van der Waals surface area contributed by atoms with E-state index in [4.69, 9.17) is 9.84 Å². The van der Waals surface area contributed by atoms with Gasteiger partial charge in [0.2, 0.25) is 0 Å². The van der Waals surface area contributed by atoms with Crippen LogP contribution in [0.3, 0.4) is 0 Å². The second-order valence-corrected chi connectivity index (χ2v) is 6.99. The molecule has 0 unspecified atom stereocenters. The number of carbonyl (C=O) groups excluding carboxylic acids is 1. The summed E-state index contributed by atoms with van der Waals surface area (Å²) in [5.74, 6) is -1.24. The molecule has 0 bridgehead atoms. The monoisotopic (exact) mass is 345 g/mol. The van der Waals surface area contributed by atoms with Gasteiger partial charge in [-0.2, -0.15) is 0 Å². The predicted molar refractivity (Wildman–Crippen MR) is 91.8 cm³/mol. The molecule has 1 aliphatic heterocycles. The van der Waals surface area contributed by atoms with Crippen LogP contribution in [0, 0.1) is 0 Å². The number of amides is 1. The summed E-state index contributed by atoms with van der Waals surface area (Å²) in [5.41, 5.74) is 1.06. The van der Waals surface area contributed by atoms with Crippen molar-refractivity contribution in [2.24, 2.45) is 0 Å². The molecule has 1 saturated heterocycles. The number of thiophene rings is 1. The number of benzene rings is 1. The fourth-order valence-electron chi connectivity index (χ4n) is 3.03. The van der Waals surface area contributed by atoms with Crippen LogP contribution in [-0.2, 0) is 10.2 Å². The Morgan fingerprint density at radius 2 is 1.75 bits per heavy atom. The highest BCUT2D eigenvalue weighted by atomic mass is 32.1. The summed E-state index contributed by atoms with van der Waals surface area (Å²) in [6, 6.07) is 13.2. The molecule has 0 radical (unpaired) electrons. The third kappa shape index (κ3) is 3.49. The molecule has 126 valence electrons. The summed E-state index contributed by atoms with van der Waals surface area (Å²) < 4.78 is 5.49. The second kappa shape index (κ2) is 7.15. The highest BCUT2D eigenvalue weighted by Crippen LogP contribution is 2.34. The summed E-state index contributed by atoms with van der Waals surface area (Å²) >= 11 is 0.994. The number of rotatable bonds is 5. The van der Waals surface area contributed by atoms with Crippen molar-refractivity contribution in [3.63, 3.8) is 0 Å². The van der Waals surface area contributed by atoms with Gasteiger partial charge in [-0.15, -0.1) is 11.3 Å². The SMILES string of the molecule is O=C(O)c1ccc(C(=O)NCC2(c3ccccc3)CCOCC2)s1. The molecule has 0 atom stereocenters. The molecule has 0 spiro atoms. The van der Waals surface area contributed by atoms with Gasteiger partial charge in [0.1, 0.15) is 4.88 Å². The zero-order valence-corrected chi connectivity index (χ0v) is 14.0. The van der Waals surface area contributed by atoms with Gasteiger partial charge in [-0.3, -0.25) is 4.79 Å². The van der Waals surface area contributed by atoms with E-state index in [1.54, 1.807) is 6.07 Å². The van der Waals surface area contributed by atoms with Crippen molar-refractivity contribution >= 4 is 23.2 Å². The van der Waals surface area contributed by atoms with E-state index < -0.39 is 5.97 Å². The lowest BCUT2D eigenvalue weighted by molar-refractivity contribution is 0.0487. The molecule has 2 aromatic rings. The summed E-state index contributed by atoms with van der Waals surface area (Å²) in [5, 5.41) is 12.0. The fraction of sp³-hybridized carbons (Fsp3) is 0.333. The molecule has 6 heteroatoms. The van der Waals surface area contributed by atoms with Gasteiger partial charge >= 0.3 is 5.97 Å².